The Morgan fingerprint density at radius 2 is 2.05 bits per heavy atom. The molecule has 0 atom stereocenters. The van der Waals surface area contributed by atoms with Crippen LogP contribution in [0.25, 0.3) is 0 Å². The van der Waals surface area contributed by atoms with E-state index in [0.717, 1.165) is 17.8 Å². The molecule has 4 nitrogen and oxygen atoms in total. The molecule has 0 radical (unpaired) electrons. The van der Waals surface area contributed by atoms with Gasteiger partial charge in [-0.1, -0.05) is 0 Å². The van der Waals surface area contributed by atoms with Crippen molar-refractivity contribution in [1.82, 2.24) is 10.2 Å². The van der Waals surface area contributed by atoms with Crippen LogP contribution in [0.3, 0.4) is 0 Å². The third-order valence-corrected chi connectivity index (χ3v) is 3.14. The maximum Gasteiger partial charge on any atom is 0.416 e. The van der Waals surface area contributed by atoms with E-state index in [9.17, 15) is 13.2 Å². The zero-order valence-electron chi connectivity index (χ0n) is 9.86. The van der Waals surface area contributed by atoms with Gasteiger partial charge in [0.15, 0.2) is 0 Å². The molecule has 8 heteroatoms. The predicted octanol–water partition coefficient (Wildman–Crippen LogP) is 3.01. The number of aromatic nitrogens is 2. The van der Waals surface area contributed by atoms with Gasteiger partial charge in [0, 0.05) is 18.4 Å². The monoisotopic (exact) mass is 289 g/mol. The van der Waals surface area contributed by atoms with Gasteiger partial charge in [-0.2, -0.15) is 13.2 Å². The third kappa shape index (κ3) is 3.27. The number of hydrogen-bond donors (Lipinski definition) is 1. The van der Waals surface area contributed by atoms with Crippen LogP contribution in [-0.2, 0) is 12.7 Å². The van der Waals surface area contributed by atoms with E-state index in [4.69, 9.17) is 10.2 Å². The van der Waals surface area contributed by atoms with Gasteiger partial charge in [-0.25, -0.2) is 0 Å². The molecular weight excluding hydrogens is 279 g/mol. The normalized spacial score (nSPS) is 11.8. The Bertz CT molecular complexity index is 583. The molecule has 0 fully saturated rings. The minimum Gasteiger partial charge on any atom is -0.416 e. The summed E-state index contributed by atoms with van der Waals surface area (Å²) in [5.74, 6) is 0.397. The molecule has 1 aromatic carbocycles. The topological polar surface area (TPSA) is 64.9 Å². The summed E-state index contributed by atoms with van der Waals surface area (Å²) < 4.78 is 43.2. The minimum atomic E-state index is -4.40. The van der Waals surface area contributed by atoms with Crippen LogP contribution in [-0.4, -0.2) is 10.2 Å². The SMILES string of the molecule is Cc1nnc(Sc2ccc(C(F)(F)F)c(CN)c2)o1. The van der Waals surface area contributed by atoms with Crippen LogP contribution in [0.2, 0.25) is 0 Å². The highest BCUT2D eigenvalue weighted by Crippen LogP contribution is 2.35. The number of nitrogens with zero attached hydrogens (tertiary/aromatic N) is 2. The van der Waals surface area contributed by atoms with Gasteiger partial charge in [0.25, 0.3) is 5.22 Å². The van der Waals surface area contributed by atoms with Gasteiger partial charge in [0.2, 0.25) is 5.89 Å². The van der Waals surface area contributed by atoms with Crippen LogP contribution in [0.15, 0.2) is 32.7 Å². The molecular formula is C11H10F3N3OS. The highest BCUT2D eigenvalue weighted by molar-refractivity contribution is 7.99. The Balaban J connectivity index is 2.29. The zero-order valence-corrected chi connectivity index (χ0v) is 10.7. The van der Waals surface area contributed by atoms with Crippen LogP contribution < -0.4 is 5.73 Å². The highest BCUT2D eigenvalue weighted by Gasteiger charge is 2.32. The summed E-state index contributed by atoms with van der Waals surface area (Å²) in [5.41, 5.74) is 4.67. The molecule has 2 aromatic rings. The molecule has 102 valence electrons. The Morgan fingerprint density at radius 3 is 2.58 bits per heavy atom. The van der Waals surface area contributed by atoms with E-state index in [1.807, 2.05) is 0 Å². The molecule has 0 spiro atoms. The minimum absolute atomic E-state index is 0.0359. The Morgan fingerprint density at radius 1 is 1.32 bits per heavy atom. The number of alkyl halides is 3. The highest BCUT2D eigenvalue weighted by atomic mass is 32.2. The Kier molecular flexibility index (Phi) is 3.81. The van der Waals surface area contributed by atoms with Gasteiger partial charge in [-0.15, -0.1) is 10.2 Å². The Labute approximate surface area is 111 Å². The van der Waals surface area contributed by atoms with Crippen molar-refractivity contribution in [1.29, 1.82) is 0 Å². The number of hydrogen-bond acceptors (Lipinski definition) is 5. The second-order valence-electron chi connectivity index (χ2n) is 3.71. The lowest BCUT2D eigenvalue weighted by Gasteiger charge is -2.12. The zero-order chi connectivity index (χ0) is 14.0. The lowest BCUT2D eigenvalue weighted by molar-refractivity contribution is -0.138. The van der Waals surface area contributed by atoms with Crippen molar-refractivity contribution < 1.29 is 17.6 Å². The molecule has 0 unspecified atom stereocenters. The van der Waals surface area contributed by atoms with E-state index in [1.165, 1.54) is 12.1 Å². The lowest BCUT2D eigenvalue weighted by Crippen LogP contribution is -2.11. The first kappa shape index (κ1) is 13.9. The predicted molar refractivity (Wildman–Crippen MR) is 62.5 cm³/mol. The molecule has 2 rings (SSSR count). The number of nitrogens with two attached hydrogens (primary N) is 1. The van der Waals surface area contributed by atoms with Crippen LogP contribution in [0.5, 0.6) is 0 Å². The summed E-state index contributed by atoms with van der Waals surface area (Å²) in [6, 6.07) is 3.74. The van der Waals surface area contributed by atoms with Gasteiger partial charge in [-0.05, 0) is 35.5 Å². The second-order valence-corrected chi connectivity index (χ2v) is 4.73. The van der Waals surface area contributed by atoms with Crippen molar-refractivity contribution in [2.75, 3.05) is 0 Å². The van der Waals surface area contributed by atoms with E-state index in [1.54, 1.807) is 6.92 Å². The fourth-order valence-electron chi connectivity index (χ4n) is 1.50. The first-order valence-electron chi connectivity index (χ1n) is 5.28. The van der Waals surface area contributed by atoms with Crippen molar-refractivity contribution >= 4 is 11.8 Å². The van der Waals surface area contributed by atoms with Crippen molar-refractivity contribution in [2.45, 2.75) is 29.8 Å². The number of halogens is 3. The summed E-state index contributed by atoms with van der Waals surface area (Å²) in [4.78, 5) is 0.567. The lowest BCUT2D eigenvalue weighted by atomic mass is 10.1. The largest absolute Gasteiger partial charge is 0.416 e. The van der Waals surface area contributed by atoms with Gasteiger partial charge in [-0.3, -0.25) is 0 Å². The molecule has 0 aliphatic rings. The van der Waals surface area contributed by atoms with Crippen molar-refractivity contribution in [3.63, 3.8) is 0 Å². The summed E-state index contributed by atoms with van der Waals surface area (Å²) in [5, 5.41) is 7.68. The molecule has 0 bridgehead atoms. The summed E-state index contributed by atoms with van der Waals surface area (Å²) in [6.45, 7) is 1.45. The van der Waals surface area contributed by atoms with E-state index in [-0.39, 0.29) is 17.3 Å². The van der Waals surface area contributed by atoms with Crippen molar-refractivity contribution in [2.24, 2.45) is 5.73 Å². The third-order valence-electron chi connectivity index (χ3n) is 2.31. The first-order valence-corrected chi connectivity index (χ1v) is 6.10. The van der Waals surface area contributed by atoms with E-state index >= 15 is 0 Å². The van der Waals surface area contributed by atoms with Gasteiger partial charge >= 0.3 is 6.18 Å². The molecule has 1 aromatic heterocycles. The summed E-state index contributed by atoms with van der Waals surface area (Å²) in [6.07, 6.45) is -4.40. The molecule has 0 aliphatic heterocycles. The fourth-order valence-corrected chi connectivity index (χ4v) is 2.28. The molecule has 0 saturated heterocycles. The average molecular weight is 289 g/mol. The van der Waals surface area contributed by atoms with Gasteiger partial charge in [0.1, 0.15) is 0 Å². The van der Waals surface area contributed by atoms with Gasteiger partial charge in [0.05, 0.1) is 5.56 Å². The maximum absolute atomic E-state index is 12.7. The van der Waals surface area contributed by atoms with Crippen LogP contribution >= 0.6 is 11.8 Å². The smallest absolute Gasteiger partial charge is 0.416 e. The quantitative estimate of drug-likeness (QED) is 0.941. The van der Waals surface area contributed by atoms with E-state index in [2.05, 4.69) is 10.2 Å². The van der Waals surface area contributed by atoms with Crippen molar-refractivity contribution in [3.05, 3.63) is 35.2 Å². The maximum atomic E-state index is 12.7. The molecule has 0 aliphatic carbocycles. The van der Waals surface area contributed by atoms with Crippen molar-refractivity contribution in [3.8, 4) is 0 Å². The molecule has 0 amide bonds. The molecule has 0 saturated carbocycles. The average Bonchev–Trinajstić information content (AvgIpc) is 2.73. The summed E-state index contributed by atoms with van der Waals surface area (Å²) in [7, 11) is 0. The summed E-state index contributed by atoms with van der Waals surface area (Å²) >= 11 is 1.09. The Hall–Kier alpha value is -1.54. The molecule has 19 heavy (non-hydrogen) atoms. The fraction of sp³-hybridized carbons (Fsp3) is 0.273. The van der Waals surface area contributed by atoms with Gasteiger partial charge < -0.3 is 10.2 Å². The van der Waals surface area contributed by atoms with E-state index in [0.29, 0.717) is 10.8 Å². The number of rotatable bonds is 3. The van der Waals surface area contributed by atoms with Crippen LogP contribution in [0.4, 0.5) is 13.2 Å². The standard InChI is InChI=1S/C11H10F3N3OS/c1-6-16-17-10(18-6)19-8-2-3-9(11(12,13)14)7(4-8)5-15/h2-4H,5,15H2,1H3. The second kappa shape index (κ2) is 5.22. The van der Waals surface area contributed by atoms with Crippen LogP contribution in [0.1, 0.15) is 17.0 Å². The first-order chi connectivity index (χ1) is 8.90. The number of benzene rings is 1. The number of aryl methyl sites for hydroxylation is 1. The van der Waals surface area contributed by atoms with Crippen LogP contribution in [0, 0.1) is 6.92 Å². The molecule has 1 heterocycles. The molecule has 2 N–H and O–H groups in total. The van der Waals surface area contributed by atoms with E-state index < -0.39 is 11.7 Å².